The quantitative estimate of drug-likeness (QED) is 0.678. The van der Waals surface area contributed by atoms with Crippen molar-refractivity contribution in [3.05, 3.63) is 21.9 Å². The molecule has 1 rings (SSSR count). The van der Waals surface area contributed by atoms with E-state index in [-0.39, 0.29) is 12.2 Å². The van der Waals surface area contributed by atoms with Crippen LogP contribution in [0, 0.1) is 13.8 Å². The highest BCUT2D eigenvalue weighted by molar-refractivity contribution is 5.08. The minimum atomic E-state index is -0.502. The maximum Gasteiger partial charge on any atom is 0.325 e. The van der Waals surface area contributed by atoms with Gasteiger partial charge in [-0.3, -0.25) is 4.57 Å². The number of hydrogen-bond donors (Lipinski definition) is 1. The maximum atomic E-state index is 11.9. The van der Waals surface area contributed by atoms with Gasteiger partial charge in [0, 0.05) is 11.4 Å². The fourth-order valence-corrected chi connectivity index (χ4v) is 1.03. The van der Waals surface area contributed by atoms with Crippen LogP contribution in [0.1, 0.15) is 11.4 Å². The first-order chi connectivity index (χ1) is 5.16. The number of imidazole rings is 1. The molecule has 0 saturated heterocycles. The van der Waals surface area contributed by atoms with Gasteiger partial charge in [0.05, 0.1) is 6.54 Å². The van der Waals surface area contributed by atoms with Gasteiger partial charge in [0.25, 0.3) is 0 Å². The van der Waals surface area contributed by atoms with Gasteiger partial charge in [-0.2, -0.15) is 0 Å². The molecule has 0 bridgehead atoms. The molecule has 0 unspecified atom stereocenters. The number of aromatic nitrogens is 2. The summed E-state index contributed by atoms with van der Waals surface area (Å²) in [7, 11) is 0. The highest BCUT2D eigenvalue weighted by Gasteiger charge is 2.04. The van der Waals surface area contributed by atoms with Crippen LogP contribution in [0.4, 0.5) is 4.39 Å². The van der Waals surface area contributed by atoms with Crippen LogP contribution >= 0.6 is 0 Å². The first-order valence-electron chi connectivity index (χ1n) is 3.48. The van der Waals surface area contributed by atoms with Crippen molar-refractivity contribution in [3.8, 4) is 0 Å². The van der Waals surface area contributed by atoms with Gasteiger partial charge < -0.3 is 4.98 Å². The number of hydrogen-bond acceptors (Lipinski definition) is 1. The van der Waals surface area contributed by atoms with Gasteiger partial charge in [0.15, 0.2) is 0 Å². The van der Waals surface area contributed by atoms with E-state index in [9.17, 15) is 9.18 Å². The van der Waals surface area contributed by atoms with Crippen LogP contribution in [0.25, 0.3) is 0 Å². The summed E-state index contributed by atoms with van der Waals surface area (Å²) in [5.74, 6) is 0. The van der Waals surface area contributed by atoms with Crippen LogP contribution in [-0.2, 0) is 6.54 Å². The van der Waals surface area contributed by atoms with Gasteiger partial charge in [-0.15, -0.1) is 0 Å². The van der Waals surface area contributed by atoms with Crippen LogP contribution in [0.15, 0.2) is 4.79 Å². The second kappa shape index (κ2) is 2.90. The molecule has 4 heteroatoms. The van der Waals surface area contributed by atoms with Crippen molar-refractivity contribution in [2.45, 2.75) is 20.4 Å². The van der Waals surface area contributed by atoms with E-state index in [0.717, 1.165) is 11.4 Å². The van der Waals surface area contributed by atoms with Crippen molar-refractivity contribution < 1.29 is 4.39 Å². The van der Waals surface area contributed by atoms with E-state index < -0.39 is 6.67 Å². The van der Waals surface area contributed by atoms with Gasteiger partial charge in [-0.1, -0.05) is 0 Å². The molecule has 62 valence electrons. The zero-order valence-electron chi connectivity index (χ0n) is 6.65. The lowest BCUT2D eigenvalue weighted by molar-refractivity contribution is 0.437. The van der Waals surface area contributed by atoms with E-state index in [1.54, 1.807) is 13.8 Å². The van der Waals surface area contributed by atoms with Crippen molar-refractivity contribution in [1.29, 1.82) is 0 Å². The van der Waals surface area contributed by atoms with Crippen molar-refractivity contribution in [2.75, 3.05) is 6.67 Å². The van der Waals surface area contributed by atoms with Gasteiger partial charge in [-0.05, 0) is 13.8 Å². The standard InChI is InChI=1S/C7H11FN2O/c1-5-6(2)10(4-3-8)7(11)9-5/h3-4H2,1-2H3,(H,9,11). The van der Waals surface area contributed by atoms with Crippen LogP contribution in [-0.4, -0.2) is 16.2 Å². The largest absolute Gasteiger partial charge is 0.325 e. The highest BCUT2D eigenvalue weighted by atomic mass is 19.1. The average molecular weight is 158 g/mol. The zero-order chi connectivity index (χ0) is 8.43. The molecule has 0 spiro atoms. The molecule has 0 aliphatic carbocycles. The number of halogens is 1. The van der Waals surface area contributed by atoms with Crippen LogP contribution in [0.3, 0.4) is 0 Å². The summed E-state index contributed by atoms with van der Waals surface area (Å²) in [5, 5.41) is 0. The molecule has 0 atom stereocenters. The lowest BCUT2D eigenvalue weighted by atomic mass is 10.4. The topological polar surface area (TPSA) is 37.8 Å². The van der Waals surface area contributed by atoms with Crippen LogP contribution < -0.4 is 5.69 Å². The van der Waals surface area contributed by atoms with Gasteiger partial charge in [0.2, 0.25) is 0 Å². The Kier molecular flexibility index (Phi) is 2.12. The minimum absolute atomic E-state index is 0.148. The van der Waals surface area contributed by atoms with E-state index in [0.29, 0.717) is 0 Å². The predicted molar refractivity (Wildman–Crippen MR) is 40.5 cm³/mol. The van der Waals surface area contributed by atoms with Gasteiger partial charge in [-0.25, -0.2) is 9.18 Å². The second-order valence-electron chi connectivity index (χ2n) is 2.48. The molecular formula is C7H11FN2O. The predicted octanol–water partition coefficient (Wildman–Crippen LogP) is 0.763. The molecule has 0 radical (unpaired) electrons. The Bertz CT molecular complexity index is 300. The highest BCUT2D eigenvalue weighted by Crippen LogP contribution is 1.99. The Balaban J connectivity index is 3.12. The Labute approximate surface area is 63.9 Å². The fraction of sp³-hybridized carbons (Fsp3) is 0.571. The summed E-state index contributed by atoms with van der Waals surface area (Å²) in [5.41, 5.74) is 1.40. The molecule has 3 nitrogen and oxygen atoms in total. The third kappa shape index (κ3) is 1.34. The summed E-state index contributed by atoms with van der Waals surface area (Å²) in [4.78, 5) is 13.6. The molecule has 0 saturated carbocycles. The number of nitrogens with one attached hydrogen (secondary N) is 1. The number of aryl methyl sites for hydroxylation is 1. The Hall–Kier alpha value is -1.06. The SMILES string of the molecule is Cc1[nH]c(=O)n(CCF)c1C. The van der Waals surface area contributed by atoms with E-state index >= 15 is 0 Å². The normalized spacial score (nSPS) is 10.5. The molecule has 1 N–H and O–H groups in total. The minimum Gasteiger partial charge on any atom is -0.310 e. The summed E-state index contributed by atoms with van der Waals surface area (Å²) in [6.45, 7) is 3.24. The molecule has 0 aliphatic rings. The Morgan fingerprint density at radius 1 is 1.55 bits per heavy atom. The number of rotatable bonds is 2. The maximum absolute atomic E-state index is 11.9. The average Bonchev–Trinajstić information content (AvgIpc) is 2.17. The van der Waals surface area contributed by atoms with Crippen molar-refractivity contribution >= 4 is 0 Å². The Morgan fingerprint density at radius 2 is 2.18 bits per heavy atom. The Morgan fingerprint density at radius 3 is 2.55 bits per heavy atom. The lowest BCUT2D eigenvalue weighted by Gasteiger charge is -1.98. The number of H-pyrrole nitrogens is 1. The van der Waals surface area contributed by atoms with Crippen LogP contribution in [0.5, 0.6) is 0 Å². The molecule has 1 aromatic heterocycles. The second-order valence-corrected chi connectivity index (χ2v) is 2.48. The first kappa shape index (κ1) is 8.04. The molecule has 11 heavy (non-hydrogen) atoms. The number of aromatic amines is 1. The lowest BCUT2D eigenvalue weighted by Crippen LogP contribution is -2.18. The van der Waals surface area contributed by atoms with Crippen molar-refractivity contribution in [1.82, 2.24) is 9.55 Å². The molecule has 0 amide bonds. The van der Waals surface area contributed by atoms with E-state index in [4.69, 9.17) is 0 Å². The molecular weight excluding hydrogens is 147 g/mol. The van der Waals surface area contributed by atoms with E-state index in [1.807, 2.05) is 0 Å². The third-order valence-corrected chi connectivity index (χ3v) is 1.80. The molecule has 0 aliphatic heterocycles. The van der Waals surface area contributed by atoms with Crippen LogP contribution in [0.2, 0.25) is 0 Å². The molecule has 1 aromatic rings. The summed E-state index contributed by atoms with van der Waals surface area (Å²) in [6.07, 6.45) is 0. The summed E-state index contributed by atoms with van der Waals surface area (Å²) < 4.78 is 13.3. The fourth-order valence-electron chi connectivity index (χ4n) is 1.03. The molecule has 1 heterocycles. The van der Waals surface area contributed by atoms with Gasteiger partial charge >= 0.3 is 5.69 Å². The van der Waals surface area contributed by atoms with Gasteiger partial charge in [0.1, 0.15) is 6.67 Å². The molecule has 0 aromatic carbocycles. The summed E-state index contributed by atoms with van der Waals surface area (Å²) >= 11 is 0. The third-order valence-electron chi connectivity index (χ3n) is 1.80. The smallest absolute Gasteiger partial charge is 0.310 e. The number of alkyl halides is 1. The number of nitrogens with zero attached hydrogens (tertiary/aromatic N) is 1. The first-order valence-corrected chi connectivity index (χ1v) is 3.48. The zero-order valence-corrected chi connectivity index (χ0v) is 6.65. The van der Waals surface area contributed by atoms with Crippen molar-refractivity contribution in [3.63, 3.8) is 0 Å². The molecule has 0 fully saturated rings. The summed E-state index contributed by atoms with van der Waals surface area (Å²) in [6, 6.07) is 0. The van der Waals surface area contributed by atoms with E-state index in [2.05, 4.69) is 4.98 Å². The monoisotopic (exact) mass is 158 g/mol. The van der Waals surface area contributed by atoms with Crippen molar-refractivity contribution in [2.24, 2.45) is 0 Å². The van der Waals surface area contributed by atoms with E-state index in [1.165, 1.54) is 4.57 Å².